The monoisotopic (exact) mass is 459 g/mol. The number of benzene rings is 2. The van der Waals surface area contributed by atoms with E-state index in [0.717, 1.165) is 17.8 Å². The van der Waals surface area contributed by atoms with Gasteiger partial charge in [-0.3, -0.25) is 9.59 Å². The number of hydrogen-bond acceptors (Lipinski definition) is 4. The number of hydrogen-bond donors (Lipinski definition) is 1. The minimum atomic E-state index is -0.432. The molecule has 3 aromatic rings. The molecule has 3 atom stereocenters. The van der Waals surface area contributed by atoms with E-state index in [2.05, 4.69) is 36.4 Å². The highest BCUT2D eigenvalue weighted by Gasteiger charge is 2.43. The summed E-state index contributed by atoms with van der Waals surface area (Å²) in [4.78, 5) is 32.0. The standard InChI is InChI=1S/C27H29N3O2S/c28-15-24-13-23(18-33-24)26(31)30-17-22(20-9-5-2-6-10-20)14-25(30)27(32)29-12-11-21(16-29)19-7-3-1-4-8-19/h1-10,13,18,21-22,25H,11-12,14-17,28H2. The number of likely N-dealkylation sites (tertiary alicyclic amines) is 2. The third-order valence-electron chi connectivity index (χ3n) is 6.99. The molecule has 2 aliphatic heterocycles. The summed E-state index contributed by atoms with van der Waals surface area (Å²) in [6.45, 7) is 2.43. The van der Waals surface area contributed by atoms with Crippen molar-refractivity contribution < 1.29 is 9.59 Å². The molecule has 6 heteroatoms. The molecule has 5 nitrogen and oxygen atoms in total. The molecule has 3 unspecified atom stereocenters. The average molecular weight is 460 g/mol. The van der Waals surface area contributed by atoms with Crippen LogP contribution in [0.4, 0.5) is 0 Å². The van der Waals surface area contributed by atoms with Crippen molar-refractivity contribution in [3.8, 4) is 0 Å². The van der Waals surface area contributed by atoms with Crippen molar-refractivity contribution in [2.75, 3.05) is 19.6 Å². The SMILES string of the molecule is NCc1cc(C(=O)N2CC(c3ccccc3)CC2C(=O)N2CCC(c3ccccc3)C2)cs1. The minimum absolute atomic E-state index is 0.0680. The Balaban J connectivity index is 1.37. The second-order valence-corrected chi connectivity index (χ2v) is 10.00. The third kappa shape index (κ3) is 4.45. The van der Waals surface area contributed by atoms with Crippen molar-refractivity contribution in [3.05, 3.63) is 93.7 Å². The molecule has 0 spiro atoms. The van der Waals surface area contributed by atoms with Crippen LogP contribution < -0.4 is 5.73 Å². The van der Waals surface area contributed by atoms with Gasteiger partial charge < -0.3 is 15.5 Å². The van der Waals surface area contributed by atoms with Gasteiger partial charge in [0.15, 0.2) is 0 Å². The van der Waals surface area contributed by atoms with Gasteiger partial charge in [0.25, 0.3) is 5.91 Å². The van der Waals surface area contributed by atoms with Crippen LogP contribution in [0.25, 0.3) is 0 Å². The molecule has 0 saturated carbocycles. The van der Waals surface area contributed by atoms with Crippen LogP contribution in [0.1, 0.15) is 51.0 Å². The molecular weight excluding hydrogens is 430 g/mol. The Morgan fingerprint density at radius 2 is 1.61 bits per heavy atom. The predicted octanol–water partition coefficient (Wildman–Crippen LogP) is 4.22. The van der Waals surface area contributed by atoms with Crippen molar-refractivity contribution in [1.82, 2.24) is 9.80 Å². The highest BCUT2D eigenvalue weighted by Crippen LogP contribution is 2.36. The fraction of sp³-hybridized carbons (Fsp3) is 0.333. The molecule has 170 valence electrons. The van der Waals surface area contributed by atoms with E-state index in [9.17, 15) is 9.59 Å². The lowest BCUT2D eigenvalue weighted by molar-refractivity contribution is -0.134. The number of carbonyl (C=O) groups is 2. The van der Waals surface area contributed by atoms with E-state index in [1.54, 1.807) is 4.90 Å². The van der Waals surface area contributed by atoms with Gasteiger partial charge in [0.05, 0.1) is 5.56 Å². The molecule has 2 saturated heterocycles. The molecule has 2 N–H and O–H groups in total. The highest BCUT2D eigenvalue weighted by molar-refractivity contribution is 7.10. The maximum Gasteiger partial charge on any atom is 0.255 e. The van der Waals surface area contributed by atoms with Crippen LogP contribution in [-0.2, 0) is 11.3 Å². The molecule has 1 aromatic heterocycles. The lowest BCUT2D eigenvalue weighted by Crippen LogP contribution is -2.47. The predicted molar refractivity (Wildman–Crippen MR) is 131 cm³/mol. The number of nitrogens with two attached hydrogens (primary N) is 1. The van der Waals surface area contributed by atoms with Crippen molar-refractivity contribution in [1.29, 1.82) is 0 Å². The fourth-order valence-corrected chi connectivity index (χ4v) is 5.93. The summed E-state index contributed by atoms with van der Waals surface area (Å²) < 4.78 is 0. The summed E-state index contributed by atoms with van der Waals surface area (Å²) >= 11 is 1.50. The maximum absolute atomic E-state index is 13.7. The normalized spacial score (nSPS) is 22.6. The van der Waals surface area contributed by atoms with Gasteiger partial charge in [-0.05, 0) is 30.0 Å². The van der Waals surface area contributed by atoms with Crippen molar-refractivity contribution in [2.45, 2.75) is 37.3 Å². The second-order valence-electron chi connectivity index (χ2n) is 9.00. The van der Waals surface area contributed by atoms with Gasteiger partial charge >= 0.3 is 0 Å². The molecule has 0 radical (unpaired) electrons. The summed E-state index contributed by atoms with van der Waals surface area (Å²) in [5, 5.41) is 1.86. The quantitative estimate of drug-likeness (QED) is 0.621. The zero-order chi connectivity index (χ0) is 22.8. The van der Waals surface area contributed by atoms with Gasteiger partial charge in [-0.15, -0.1) is 11.3 Å². The molecule has 0 bridgehead atoms. The van der Waals surface area contributed by atoms with Gasteiger partial charge in [-0.2, -0.15) is 0 Å². The molecule has 0 aliphatic carbocycles. The van der Waals surface area contributed by atoms with Crippen LogP contribution in [0.3, 0.4) is 0 Å². The Hall–Kier alpha value is -2.96. The highest BCUT2D eigenvalue weighted by atomic mass is 32.1. The van der Waals surface area contributed by atoms with Crippen molar-refractivity contribution in [3.63, 3.8) is 0 Å². The Bertz CT molecular complexity index is 1110. The first-order chi connectivity index (χ1) is 16.1. The summed E-state index contributed by atoms with van der Waals surface area (Å²) in [5.41, 5.74) is 8.86. The molecule has 33 heavy (non-hydrogen) atoms. The largest absolute Gasteiger partial charge is 0.340 e. The van der Waals surface area contributed by atoms with Crippen LogP contribution in [0.15, 0.2) is 72.1 Å². The van der Waals surface area contributed by atoms with Gasteiger partial charge in [-0.1, -0.05) is 60.7 Å². The fourth-order valence-electron chi connectivity index (χ4n) is 5.20. The van der Waals surface area contributed by atoms with Crippen molar-refractivity contribution in [2.24, 2.45) is 5.73 Å². The minimum Gasteiger partial charge on any atom is -0.340 e. The van der Waals surface area contributed by atoms with Crippen LogP contribution in [0.5, 0.6) is 0 Å². The van der Waals surface area contributed by atoms with Gasteiger partial charge in [-0.25, -0.2) is 0 Å². The summed E-state index contributed by atoms with van der Waals surface area (Å²) in [5.74, 6) is 0.523. The molecule has 2 aromatic carbocycles. The van der Waals surface area contributed by atoms with E-state index in [-0.39, 0.29) is 17.7 Å². The molecule has 2 amide bonds. The van der Waals surface area contributed by atoms with Gasteiger partial charge in [0.1, 0.15) is 6.04 Å². The summed E-state index contributed by atoms with van der Waals surface area (Å²) in [7, 11) is 0. The van der Waals surface area contributed by atoms with E-state index in [0.29, 0.717) is 37.5 Å². The summed E-state index contributed by atoms with van der Waals surface area (Å²) in [6.07, 6.45) is 1.62. The lowest BCUT2D eigenvalue weighted by atomic mass is 9.96. The zero-order valence-corrected chi connectivity index (χ0v) is 19.4. The topological polar surface area (TPSA) is 66.6 Å². The maximum atomic E-state index is 13.7. The van der Waals surface area contributed by atoms with E-state index >= 15 is 0 Å². The molecular formula is C27H29N3O2S. The first kappa shape index (κ1) is 21.9. The van der Waals surface area contributed by atoms with Crippen LogP contribution in [-0.4, -0.2) is 47.3 Å². The second kappa shape index (κ2) is 9.49. The molecule has 3 heterocycles. The number of thiophene rings is 1. The Kier molecular flexibility index (Phi) is 6.29. The number of amides is 2. The Labute approximate surface area is 198 Å². The molecule has 2 aliphatic rings. The first-order valence-corrected chi connectivity index (χ1v) is 12.5. The summed E-state index contributed by atoms with van der Waals surface area (Å²) in [6, 6.07) is 22.1. The zero-order valence-electron chi connectivity index (χ0n) is 18.6. The average Bonchev–Trinajstić information content (AvgIpc) is 3.64. The molecule has 2 fully saturated rings. The van der Waals surface area contributed by atoms with E-state index in [4.69, 9.17) is 5.73 Å². The number of rotatable bonds is 5. The first-order valence-electron chi connectivity index (χ1n) is 11.6. The third-order valence-corrected chi connectivity index (χ3v) is 7.95. The van der Waals surface area contributed by atoms with Gasteiger partial charge in [0, 0.05) is 48.3 Å². The van der Waals surface area contributed by atoms with Crippen molar-refractivity contribution >= 4 is 23.2 Å². The number of carbonyl (C=O) groups excluding carboxylic acids is 2. The lowest BCUT2D eigenvalue weighted by Gasteiger charge is -2.28. The van der Waals surface area contributed by atoms with E-state index in [1.807, 2.05) is 40.6 Å². The Morgan fingerprint density at radius 1 is 0.939 bits per heavy atom. The van der Waals surface area contributed by atoms with E-state index in [1.165, 1.54) is 22.5 Å². The smallest absolute Gasteiger partial charge is 0.255 e. The molecule has 5 rings (SSSR count). The van der Waals surface area contributed by atoms with Gasteiger partial charge in [0.2, 0.25) is 5.91 Å². The van der Waals surface area contributed by atoms with Crippen LogP contribution in [0, 0.1) is 0 Å². The number of nitrogens with zero attached hydrogens (tertiary/aromatic N) is 2. The van der Waals surface area contributed by atoms with E-state index < -0.39 is 6.04 Å². The van der Waals surface area contributed by atoms with Crippen LogP contribution in [0.2, 0.25) is 0 Å². The van der Waals surface area contributed by atoms with Crippen LogP contribution >= 0.6 is 11.3 Å². The Morgan fingerprint density at radius 3 is 2.24 bits per heavy atom.